The van der Waals surface area contributed by atoms with Crippen LogP contribution in [0.25, 0.3) is 0 Å². The number of ketones is 1. The first-order valence-electron chi connectivity index (χ1n) is 8.67. The Morgan fingerprint density at radius 2 is 2.12 bits per heavy atom. The van der Waals surface area contributed by atoms with Crippen LogP contribution >= 0.6 is 11.3 Å². The highest BCUT2D eigenvalue weighted by Gasteiger charge is 2.32. The van der Waals surface area contributed by atoms with E-state index in [0.717, 1.165) is 54.7 Å². The Morgan fingerprint density at radius 1 is 1.25 bits per heavy atom. The molecule has 1 fully saturated rings. The van der Waals surface area contributed by atoms with Crippen LogP contribution in [0.1, 0.15) is 57.1 Å². The Labute approximate surface area is 145 Å². The van der Waals surface area contributed by atoms with Crippen LogP contribution in [0.15, 0.2) is 17.5 Å². The van der Waals surface area contributed by atoms with Crippen LogP contribution < -0.4 is 0 Å². The molecule has 1 aliphatic heterocycles. The second-order valence-electron chi connectivity index (χ2n) is 6.67. The average Bonchev–Trinajstić information content (AvgIpc) is 3.30. The van der Waals surface area contributed by atoms with Crippen LogP contribution in [0.3, 0.4) is 0 Å². The minimum atomic E-state index is -0.0869. The number of thiophene rings is 1. The van der Waals surface area contributed by atoms with Crippen molar-refractivity contribution in [2.45, 2.75) is 38.5 Å². The maximum absolute atomic E-state index is 12.9. The number of amides is 1. The fraction of sp³-hybridized carbons (Fsp3) is 0.500. The number of Topliss-reactive ketones (excluding diaryl/α,β-unsaturated/α-hetero) is 1. The molecule has 0 unspecified atom stereocenters. The molecule has 1 amide bonds. The first-order valence-corrected chi connectivity index (χ1v) is 9.55. The van der Waals surface area contributed by atoms with Gasteiger partial charge in [-0.1, -0.05) is 6.07 Å². The van der Waals surface area contributed by atoms with Crippen LogP contribution in [-0.2, 0) is 12.8 Å². The number of hydrogen-bond donors (Lipinski definition) is 1. The highest BCUT2D eigenvalue weighted by Crippen LogP contribution is 2.27. The van der Waals surface area contributed by atoms with E-state index in [1.807, 2.05) is 22.4 Å². The van der Waals surface area contributed by atoms with Crippen molar-refractivity contribution in [2.24, 2.45) is 5.92 Å². The zero-order chi connectivity index (χ0) is 16.5. The summed E-state index contributed by atoms with van der Waals surface area (Å²) in [6.45, 7) is 1.23. The molecule has 4 rings (SSSR count). The molecule has 1 aliphatic carbocycles. The number of likely N-dealkylation sites (tertiary alicyclic amines) is 1. The molecule has 0 aromatic carbocycles. The van der Waals surface area contributed by atoms with Gasteiger partial charge in [0.25, 0.3) is 5.91 Å². The molecule has 2 aromatic heterocycles. The fourth-order valence-corrected chi connectivity index (χ4v) is 4.55. The molecule has 2 aliphatic rings. The second kappa shape index (κ2) is 6.51. The number of fused-ring (bicyclic) bond motifs is 1. The van der Waals surface area contributed by atoms with Gasteiger partial charge in [-0.15, -0.1) is 11.3 Å². The number of nitrogens with one attached hydrogen (secondary N) is 1. The maximum Gasteiger partial charge on any atom is 0.274 e. The highest BCUT2D eigenvalue weighted by atomic mass is 32.1. The molecule has 6 heteroatoms. The lowest BCUT2D eigenvalue weighted by Gasteiger charge is -2.31. The third-order valence-corrected chi connectivity index (χ3v) is 5.99. The summed E-state index contributed by atoms with van der Waals surface area (Å²) in [5.41, 5.74) is 2.79. The molecule has 3 heterocycles. The van der Waals surface area contributed by atoms with Gasteiger partial charge in [0.05, 0.1) is 4.88 Å². The molecule has 0 bridgehead atoms. The monoisotopic (exact) mass is 343 g/mol. The van der Waals surface area contributed by atoms with Gasteiger partial charge < -0.3 is 4.90 Å². The number of nitrogens with zero attached hydrogens (tertiary/aromatic N) is 2. The third kappa shape index (κ3) is 2.79. The van der Waals surface area contributed by atoms with Gasteiger partial charge in [0, 0.05) is 30.3 Å². The van der Waals surface area contributed by atoms with Crippen molar-refractivity contribution in [3.63, 3.8) is 0 Å². The van der Waals surface area contributed by atoms with E-state index in [1.54, 1.807) is 0 Å². The molecule has 24 heavy (non-hydrogen) atoms. The highest BCUT2D eigenvalue weighted by molar-refractivity contribution is 7.12. The van der Waals surface area contributed by atoms with Crippen LogP contribution in [0.2, 0.25) is 0 Å². The lowest BCUT2D eigenvalue weighted by Crippen LogP contribution is -2.42. The average molecular weight is 343 g/mol. The molecule has 1 N–H and O–H groups in total. The van der Waals surface area contributed by atoms with Crippen LogP contribution in [0, 0.1) is 5.92 Å². The zero-order valence-corrected chi connectivity index (χ0v) is 14.4. The van der Waals surface area contributed by atoms with E-state index in [9.17, 15) is 9.59 Å². The van der Waals surface area contributed by atoms with Gasteiger partial charge in [-0.3, -0.25) is 14.7 Å². The van der Waals surface area contributed by atoms with E-state index in [4.69, 9.17) is 0 Å². The number of hydrogen-bond acceptors (Lipinski definition) is 4. The van der Waals surface area contributed by atoms with Crippen LogP contribution in [0.5, 0.6) is 0 Å². The van der Waals surface area contributed by atoms with Crippen molar-refractivity contribution in [1.29, 1.82) is 0 Å². The SMILES string of the molecule is O=C(c1cccs1)[C@H]1CCCN(C(=O)c2n[nH]c3c2CCCC3)C1. The summed E-state index contributed by atoms with van der Waals surface area (Å²) < 4.78 is 0. The van der Waals surface area contributed by atoms with Gasteiger partial charge in [0.2, 0.25) is 0 Å². The lowest BCUT2D eigenvalue weighted by molar-refractivity contribution is 0.0632. The molecule has 1 saturated heterocycles. The number of aryl methyl sites for hydroxylation is 1. The predicted octanol–water partition coefficient (Wildman–Crippen LogP) is 3.09. The standard InChI is InChI=1S/C18H21N3O2S/c22-17(15-8-4-10-24-15)12-5-3-9-21(11-12)18(23)16-13-6-1-2-7-14(13)19-20-16/h4,8,10,12H,1-3,5-7,9,11H2,(H,19,20)/t12-/m0/s1. The summed E-state index contributed by atoms with van der Waals surface area (Å²) >= 11 is 1.48. The number of carbonyl (C=O) groups excluding carboxylic acids is 2. The molecular formula is C18H21N3O2S. The van der Waals surface area contributed by atoms with Crippen molar-refractivity contribution in [2.75, 3.05) is 13.1 Å². The molecule has 5 nitrogen and oxygen atoms in total. The molecule has 2 aromatic rings. The van der Waals surface area contributed by atoms with E-state index < -0.39 is 0 Å². The van der Waals surface area contributed by atoms with Crippen LogP contribution in [0.4, 0.5) is 0 Å². The van der Waals surface area contributed by atoms with Crippen molar-refractivity contribution in [1.82, 2.24) is 15.1 Å². The molecule has 0 radical (unpaired) electrons. The molecule has 1 atom stereocenters. The predicted molar refractivity (Wildman–Crippen MR) is 92.5 cm³/mol. The quantitative estimate of drug-likeness (QED) is 0.871. The number of H-pyrrole nitrogens is 1. The fourth-order valence-electron chi connectivity index (χ4n) is 3.80. The minimum Gasteiger partial charge on any atom is -0.337 e. The normalized spacial score (nSPS) is 20.7. The van der Waals surface area contributed by atoms with E-state index in [1.165, 1.54) is 11.3 Å². The summed E-state index contributed by atoms with van der Waals surface area (Å²) in [5, 5.41) is 9.26. The van der Waals surface area contributed by atoms with E-state index in [0.29, 0.717) is 18.8 Å². The first kappa shape index (κ1) is 15.6. The topological polar surface area (TPSA) is 66.1 Å². The van der Waals surface area contributed by atoms with Gasteiger partial charge in [-0.25, -0.2) is 0 Å². The largest absolute Gasteiger partial charge is 0.337 e. The van der Waals surface area contributed by atoms with Gasteiger partial charge in [0.1, 0.15) is 0 Å². The summed E-state index contributed by atoms with van der Waals surface area (Å²) in [4.78, 5) is 28.1. The zero-order valence-electron chi connectivity index (χ0n) is 13.6. The van der Waals surface area contributed by atoms with E-state index in [2.05, 4.69) is 10.2 Å². The number of piperidine rings is 1. The molecular weight excluding hydrogens is 322 g/mol. The summed E-state index contributed by atoms with van der Waals surface area (Å²) in [6.07, 6.45) is 5.92. The second-order valence-corrected chi connectivity index (χ2v) is 7.62. The maximum atomic E-state index is 12.9. The van der Waals surface area contributed by atoms with E-state index in [-0.39, 0.29) is 17.6 Å². The molecule has 0 saturated carbocycles. The van der Waals surface area contributed by atoms with Crippen molar-refractivity contribution in [3.05, 3.63) is 39.3 Å². The summed E-state index contributed by atoms with van der Waals surface area (Å²) in [6, 6.07) is 3.78. The lowest BCUT2D eigenvalue weighted by atomic mass is 9.92. The van der Waals surface area contributed by atoms with E-state index >= 15 is 0 Å². The Kier molecular flexibility index (Phi) is 4.22. The summed E-state index contributed by atoms with van der Waals surface area (Å²) in [5.74, 6) is 0.0701. The molecule has 126 valence electrons. The first-order chi connectivity index (χ1) is 11.7. The Bertz CT molecular complexity index is 750. The number of aromatic amines is 1. The summed E-state index contributed by atoms with van der Waals surface area (Å²) in [7, 11) is 0. The Balaban J connectivity index is 1.51. The number of aromatic nitrogens is 2. The van der Waals surface area contributed by atoms with Crippen molar-refractivity contribution < 1.29 is 9.59 Å². The number of carbonyl (C=O) groups is 2. The van der Waals surface area contributed by atoms with Gasteiger partial charge in [0.15, 0.2) is 11.5 Å². The van der Waals surface area contributed by atoms with Crippen LogP contribution in [-0.4, -0.2) is 39.9 Å². The van der Waals surface area contributed by atoms with Gasteiger partial charge in [-0.2, -0.15) is 5.10 Å². The van der Waals surface area contributed by atoms with Gasteiger partial charge >= 0.3 is 0 Å². The minimum absolute atomic E-state index is 0.0157. The number of rotatable bonds is 3. The Hall–Kier alpha value is -1.95. The van der Waals surface area contributed by atoms with Crippen molar-refractivity contribution in [3.8, 4) is 0 Å². The molecule has 0 spiro atoms. The smallest absolute Gasteiger partial charge is 0.274 e. The third-order valence-electron chi connectivity index (χ3n) is 5.10. The Morgan fingerprint density at radius 3 is 2.96 bits per heavy atom. The van der Waals surface area contributed by atoms with Crippen molar-refractivity contribution >= 4 is 23.0 Å². The van der Waals surface area contributed by atoms with Gasteiger partial charge in [-0.05, 0) is 50.0 Å².